The van der Waals surface area contributed by atoms with Gasteiger partial charge in [0.15, 0.2) is 0 Å². The van der Waals surface area contributed by atoms with Crippen LogP contribution in [0.25, 0.3) is 0 Å². The summed E-state index contributed by atoms with van der Waals surface area (Å²) < 4.78 is 2.05. The fourth-order valence-electron chi connectivity index (χ4n) is 4.77. The maximum atomic E-state index is 12.6. The third-order valence-electron chi connectivity index (χ3n) is 6.22. The maximum Gasteiger partial charge on any atom is 0.223 e. The molecule has 132 valence electrons. The highest BCUT2D eigenvalue weighted by Crippen LogP contribution is 2.48. The molecule has 2 aromatic rings. The highest BCUT2D eigenvalue weighted by atomic mass is 16.1. The summed E-state index contributed by atoms with van der Waals surface area (Å²) in [5.74, 6) is 1.94. The summed E-state index contributed by atoms with van der Waals surface area (Å²) in [6, 6.07) is 10.4. The number of hydrogen-bond acceptors (Lipinski definition) is 2. The molecule has 0 saturated heterocycles. The predicted octanol–water partition coefficient (Wildman–Crippen LogP) is 3.60. The van der Waals surface area contributed by atoms with Crippen molar-refractivity contribution in [2.24, 2.45) is 17.8 Å². The Morgan fingerprint density at radius 1 is 1.20 bits per heavy atom. The van der Waals surface area contributed by atoms with Crippen molar-refractivity contribution in [3.05, 3.63) is 52.8 Å². The summed E-state index contributed by atoms with van der Waals surface area (Å²) in [5, 5.41) is 7.88. The van der Waals surface area contributed by atoms with Gasteiger partial charge in [0.1, 0.15) is 0 Å². The SMILES string of the molecule is Cc1nn(Cc2ccccc2)c(C)c1CNC(=O)C1CC2CCC1C2. The third kappa shape index (κ3) is 3.22. The minimum Gasteiger partial charge on any atom is -0.352 e. The monoisotopic (exact) mass is 337 g/mol. The van der Waals surface area contributed by atoms with Crippen LogP contribution < -0.4 is 5.32 Å². The van der Waals surface area contributed by atoms with Gasteiger partial charge in [-0.05, 0) is 50.5 Å². The third-order valence-corrected chi connectivity index (χ3v) is 6.22. The van der Waals surface area contributed by atoms with Crippen LogP contribution in [0.3, 0.4) is 0 Å². The van der Waals surface area contributed by atoms with Gasteiger partial charge in [-0.25, -0.2) is 0 Å². The standard InChI is InChI=1S/C21H27N3O/c1-14-20(12-22-21(25)19-11-17-8-9-18(19)10-17)15(2)24(23-14)13-16-6-4-3-5-7-16/h3-7,17-19H,8-13H2,1-2H3,(H,22,25). The Morgan fingerprint density at radius 2 is 2.00 bits per heavy atom. The number of nitrogens with zero attached hydrogens (tertiary/aromatic N) is 2. The van der Waals surface area contributed by atoms with Gasteiger partial charge >= 0.3 is 0 Å². The molecule has 1 amide bonds. The first kappa shape index (κ1) is 16.4. The van der Waals surface area contributed by atoms with E-state index in [-0.39, 0.29) is 11.8 Å². The molecule has 3 atom stereocenters. The van der Waals surface area contributed by atoms with E-state index in [4.69, 9.17) is 0 Å². The summed E-state index contributed by atoms with van der Waals surface area (Å²) in [5.41, 5.74) is 4.56. The quantitative estimate of drug-likeness (QED) is 0.906. The van der Waals surface area contributed by atoms with Crippen LogP contribution in [-0.2, 0) is 17.9 Å². The van der Waals surface area contributed by atoms with Gasteiger partial charge in [0, 0.05) is 23.7 Å². The fourth-order valence-corrected chi connectivity index (χ4v) is 4.77. The Morgan fingerprint density at radius 3 is 2.68 bits per heavy atom. The van der Waals surface area contributed by atoms with Crippen LogP contribution in [0.2, 0.25) is 0 Å². The normalized spacial score (nSPS) is 24.6. The van der Waals surface area contributed by atoms with Crippen LogP contribution in [0.5, 0.6) is 0 Å². The van der Waals surface area contributed by atoms with Crippen LogP contribution in [0.4, 0.5) is 0 Å². The molecule has 2 aliphatic carbocycles. The van der Waals surface area contributed by atoms with Gasteiger partial charge in [-0.15, -0.1) is 0 Å². The number of nitrogens with one attached hydrogen (secondary N) is 1. The van der Waals surface area contributed by atoms with Gasteiger partial charge in [-0.3, -0.25) is 9.48 Å². The van der Waals surface area contributed by atoms with Gasteiger partial charge in [0.05, 0.1) is 12.2 Å². The van der Waals surface area contributed by atoms with E-state index in [2.05, 4.69) is 41.6 Å². The van der Waals surface area contributed by atoms with Crippen molar-refractivity contribution in [3.8, 4) is 0 Å². The molecule has 2 saturated carbocycles. The summed E-state index contributed by atoms with van der Waals surface area (Å²) in [6.07, 6.45) is 4.95. The molecule has 1 N–H and O–H groups in total. The van der Waals surface area contributed by atoms with E-state index in [0.29, 0.717) is 12.5 Å². The molecule has 1 aromatic heterocycles. The molecule has 4 nitrogen and oxygen atoms in total. The fraction of sp³-hybridized carbons (Fsp3) is 0.524. The van der Waals surface area contributed by atoms with Crippen molar-refractivity contribution < 1.29 is 4.79 Å². The second kappa shape index (κ2) is 6.66. The minimum absolute atomic E-state index is 0.249. The molecule has 0 aliphatic heterocycles. The van der Waals surface area contributed by atoms with Crippen LogP contribution in [0, 0.1) is 31.6 Å². The Bertz CT molecular complexity index is 765. The first-order chi connectivity index (χ1) is 12.1. The minimum atomic E-state index is 0.249. The van der Waals surface area contributed by atoms with E-state index >= 15 is 0 Å². The zero-order valence-corrected chi connectivity index (χ0v) is 15.2. The predicted molar refractivity (Wildman–Crippen MR) is 98.0 cm³/mol. The molecule has 1 aromatic carbocycles. The molecule has 4 rings (SSSR count). The number of carbonyl (C=O) groups excluding carboxylic acids is 1. The second-order valence-corrected chi connectivity index (χ2v) is 7.79. The molecule has 0 spiro atoms. The van der Waals surface area contributed by atoms with Crippen LogP contribution in [-0.4, -0.2) is 15.7 Å². The molecule has 2 bridgehead atoms. The Labute approximate surface area is 149 Å². The largest absolute Gasteiger partial charge is 0.352 e. The lowest BCUT2D eigenvalue weighted by Crippen LogP contribution is -2.33. The molecule has 25 heavy (non-hydrogen) atoms. The number of benzene rings is 1. The van der Waals surface area contributed by atoms with Gasteiger partial charge in [-0.1, -0.05) is 36.8 Å². The molecule has 2 fully saturated rings. The van der Waals surface area contributed by atoms with Crippen molar-refractivity contribution >= 4 is 5.91 Å². The van der Waals surface area contributed by atoms with Crippen molar-refractivity contribution in [1.29, 1.82) is 0 Å². The molecule has 4 heteroatoms. The number of aryl methyl sites for hydroxylation is 1. The Kier molecular flexibility index (Phi) is 4.36. The lowest BCUT2D eigenvalue weighted by atomic mass is 9.88. The highest BCUT2D eigenvalue weighted by Gasteiger charge is 2.42. The molecular weight excluding hydrogens is 310 g/mol. The van der Waals surface area contributed by atoms with E-state index in [0.717, 1.165) is 35.8 Å². The van der Waals surface area contributed by atoms with E-state index in [1.807, 2.05) is 17.7 Å². The topological polar surface area (TPSA) is 46.9 Å². The lowest BCUT2D eigenvalue weighted by Gasteiger charge is -2.20. The number of fused-ring (bicyclic) bond motifs is 2. The molecule has 1 heterocycles. The van der Waals surface area contributed by atoms with E-state index in [9.17, 15) is 4.79 Å². The van der Waals surface area contributed by atoms with Crippen LogP contribution >= 0.6 is 0 Å². The summed E-state index contributed by atoms with van der Waals surface area (Å²) in [6.45, 7) is 5.50. The van der Waals surface area contributed by atoms with Gasteiger partial charge in [-0.2, -0.15) is 5.10 Å². The van der Waals surface area contributed by atoms with Gasteiger partial charge < -0.3 is 5.32 Å². The van der Waals surface area contributed by atoms with Gasteiger partial charge in [0.2, 0.25) is 5.91 Å². The summed E-state index contributed by atoms with van der Waals surface area (Å²) in [7, 11) is 0. The summed E-state index contributed by atoms with van der Waals surface area (Å²) in [4.78, 5) is 12.6. The lowest BCUT2D eigenvalue weighted by molar-refractivity contribution is -0.126. The van der Waals surface area contributed by atoms with Crippen molar-refractivity contribution in [3.63, 3.8) is 0 Å². The van der Waals surface area contributed by atoms with E-state index in [1.165, 1.54) is 24.8 Å². The molecule has 2 aliphatic rings. The number of aromatic nitrogens is 2. The summed E-state index contributed by atoms with van der Waals surface area (Å²) >= 11 is 0. The first-order valence-corrected chi connectivity index (χ1v) is 9.46. The average molecular weight is 337 g/mol. The maximum absolute atomic E-state index is 12.6. The number of carbonyl (C=O) groups is 1. The average Bonchev–Trinajstić information content (AvgIpc) is 3.31. The Hall–Kier alpha value is -2.10. The van der Waals surface area contributed by atoms with E-state index in [1.54, 1.807) is 0 Å². The number of hydrogen-bond donors (Lipinski definition) is 1. The smallest absolute Gasteiger partial charge is 0.223 e. The zero-order valence-electron chi connectivity index (χ0n) is 15.2. The number of amides is 1. The molecule has 3 unspecified atom stereocenters. The van der Waals surface area contributed by atoms with Crippen molar-refractivity contribution in [1.82, 2.24) is 15.1 Å². The molecular formula is C21H27N3O. The van der Waals surface area contributed by atoms with Crippen LogP contribution in [0.15, 0.2) is 30.3 Å². The zero-order chi connectivity index (χ0) is 17.4. The van der Waals surface area contributed by atoms with Crippen molar-refractivity contribution in [2.75, 3.05) is 0 Å². The van der Waals surface area contributed by atoms with Gasteiger partial charge in [0.25, 0.3) is 0 Å². The highest BCUT2D eigenvalue weighted by molar-refractivity contribution is 5.79. The van der Waals surface area contributed by atoms with Crippen molar-refractivity contribution in [2.45, 2.75) is 52.6 Å². The van der Waals surface area contributed by atoms with E-state index < -0.39 is 0 Å². The van der Waals surface area contributed by atoms with Crippen LogP contribution in [0.1, 0.15) is 48.2 Å². The first-order valence-electron chi connectivity index (χ1n) is 9.46. The second-order valence-electron chi connectivity index (χ2n) is 7.79. The molecule has 0 radical (unpaired) electrons. The number of rotatable bonds is 5. The Balaban J connectivity index is 1.41.